The second-order valence-electron chi connectivity index (χ2n) is 4.11. The monoisotopic (exact) mass is 293 g/mol. The third-order valence-corrected chi connectivity index (χ3v) is 3.59. The van der Waals surface area contributed by atoms with Gasteiger partial charge in [-0.25, -0.2) is 0 Å². The number of carbonyl (C=O) groups is 1. The van der Waals surface area contributed by atoms with Crippen LogP contribution in [0.3, 0.4) is 0 Å². The zero-order valence-electron chi connectivity index (χ0n) is 11.0. The van der Waals surface area contributed by atoms with E-state index in [4.69, 9.17) is 5.11 Å². The second kappa shape index (κ2) is 7.06. The fourth-order valence-electron chi connectivity index (χ4n) is 1.62. The van der Waals surface area contributed by atoms with Crippen molar-refractivity contribution in [1.29, 1.82) is 0 Å². The lowest BCUT2D eigenvalue weighted by Crippen LogP contribution is -2.26. The number of rotatable bonds is 6. The van der Waals surface area contributed by atoms with Crippen LogP contribution in [0.2, 0.25) is 0 Å². The molecule has 0 unspecified atom stereocenters. The molecule has 1 amide bonds. The molecule has 0 saturated carbocycles. The molecule has 1 N–H and O–H groups in total. The van der Waals surface area contributed by atoms with E-state index in [1.807, 2.05) is 12.1 Å². The van der Waals surface area contributed by atoms with Crippen LogP contribution in [0.1, 0.15) is 16.2 Å². The summed E-state index contributed by atoms with van der Waals surface area (Å²) in [6, 6.07) is 7.29. The Morgan fingerprint density at radius 1 is 1.40 bits per heavy atom. The number of aliphatic hydroxyl groups is 1. The molecule has 2 aromatic rings. The fraction of sp³-hybridized carbons (Fsp3) is 0.308. The number of aliphatic hydroxyl groups excluding tert-OH is 1. The quantitative estimate of drug-likeness (QED) is 0.812. The summed E-state index contributed by atoms with van der Waals surface area (Å²) in [5, 5.41) is 12.4. The van der Waals surface area contributed by atoms with E-state index in [1.54, 1.807) is 30.9 Å². The lowest BCUT2D eigenvalue weighted by molar-refractivity contribution is 0.0780. The summed E-state index contributed by atoms with van der Waals surface area (Å²) in [5.41, 5.74) is 0.601. The average molecular weight is 293 g/mol. The number of amides is 1. The van der Waals surface area contributed by atoms with Gasteiger partial charge in [0.2, 0.25) is 6.39 Å². The van der Waals surface area contributed by atoms with Crippen molar-refractivity contribution in [2.45, 2.75) is 11.4 Å². The molecule has 0 fully saturated rings. The zero-order valence-corrected chi connectivity index (χ0v) is 11.8. The van der Waals surface area contributed by atoms with Crippen LogP contribution in [0.4, 0.5) is 0 Å². The van der Waals surface area contributed by atoms with Crippen molar-refractivity contribution in [2.24, 2.45) is 0 Å². The number of hydrogen-bond donors (Lipinski definition) is 1. The second-order valence-corrected chi connectivity index (χ2v) is 5.27. The number of benzene rings is 1. The molecule has 2 rings (SSSR count). The zero-order chi connectivity index (χ0) is 14.4. The van der Waals surface area contributed by atoms with Crippen molar-refractivity contribution in [2.75, 3.05) is 19.4 Å². The normalized spacial score (nSPS) is 10.5. The van der Waals surface area contributed by atoms with Crippen LogP contribution in [-0.2, 0) is 6.54 Å². The maximum atomic E-state index is 12.2. The molecule has 1 aromatic heterocycles. The van der Waals surface area contributed by atoms with Gasteiger partial charge in [-0.15, -0.1) is 11.8 Å². The number of carbonyl (C=O) groups excluding carboxylic acids is 1. The highest BCUT2D eigenvalue weighted by Crippen LogP contribution is 2.18. The van der Waals surface area contributed by atoms with Crippen molar-refractivity contribution in [3.63, 3.8) is 0 Å². The molecule has 1 aromatic carbocycles. The topological polar surface area (TPSA) is 79.5 Å². The van der Waals surface area contributed by atoms with Crippen LogP contribution in [0.5, 0.6) is 0 Å². The molecular formula is C13H15N3O3S. The predicted octanol–water partition coefficient (Wildman–Crippen LogP) is 1.43. The first-order valence-corrected chi connectivity index (χ1v) is 7.03. The van der Waals surface area contributed by atoms with Crippen LogP contribution in [0, 0.1) is 0 Å². The lowest BCUT2D eigenvalue weighted by atomic mass is 10.2. The highest BCUT2D eigenvalue weighted by atomic mass is 32.2. The molecule has 0 saturated heterocycles. The third kappa shape index (κ3) is 3.82. The Bertz CT molecular complexity index is 542. The molecule has 0 aliphatic carbocycles. The molecule has 0 aliphatic heterocycles. The number of nitrogens with zero attached hydrogens (tertiary/aromatic N) is 3. The summed E-state index contributed by atoms with van der Waals surface area (Å²) >= 11 is 1.55. The Morgan fingerprint density at radius 3 is 2.75 bits per heavy atom. The summed E-state index contributed by atoms with van der Waals surface area (Å²) < 4.78 is 4.63. The minimum absolute atomic E-state index is 0.103. The molecule has 106 valence electrons. The Balaban J connectivity index is 1.97. The molecule has 1 heterocycles. The van der Waals surface area contributed by atoms with Crippen molar-refractivity contribution >= 4 is 17.7 Å². The Morgan fingerprint density at radius 2 is 2.15 bits per heavy atom. The van der Waals surface area contributed by atoms with Gasteiger partial charge in [-0.3, -0.25) is 4.79 Å². The molecular weight excluding hydrogens is 278 g/mol. The van der Waals surface area contributed by atoms with Gasteiger partial charge in [-0.05, 0) is 24.3 Å². The minimum Gasteiger partial charge on any atom is -0.396 e. The summed E-state index contributed by atoms with van der Waals surface area (Å²) in [4.78, 5) is 18.6. The van der Waals surface area contributed by atoms with E-state index in [9.17, 15) is 4.79 Å². The van der Waals surface area contributed by atoms with Gasteiger partial charge in [0.25, 0.3) is 5.91 Å². The molecule has 0 aliphatic rings. The molecule has 0 radical (unpaired) electrons. The van der Waals surface area contributed by atoms with E-state index in [2.05, 4.69) is 14.7 Å². The Labute approximate surface area is 120 Å². The third-order valence-electron chi connectivity index (χ3n) is 2.59. The fourth-order valence-corrected chi connectivity index (χ4v) is 2.28. The van der Waals surface area contributed by atoms with E-state index < -0.39 is 0 Å². The van der Waals surface area contributed by atoms with Gasteiger partial charge in [0.15, 0.2) is 5.82 Å². The van der Waals surface area contributed by atoms with Crippen molar-refractivity contribution in [1.82, 2.24) is 15.0 Å². The van der Waals surface area contributed by atoms with Gasteiger partial charge in [0, 0.05) is 23.3 Å². The molecule has 7 heteroatoms. The van der Waals surface area contributed by atoms with Gasteiger partial charge in [0.05, 0.1) is 13.2 Å². The first-order chi connectivity index (χ1) is 9.70. The summed E-state index contributed by atoms with van der Waals surface area (Å²) in [7, 11) is 1.69. The molecule has 0 atom stereocenters. The largest absolute Gasteiger partial charge is 0.396 e. The lowest BCUT2D eigenvalue weighted by Gasteiger charge is -2.15. The SMILES string of the molecule is CN(Cc1ncon1)C(=O)c1ccc(SCCO)cc1. The number of hydrogen-bond acceptors (Lipinski definition) is 6. The van der Waals surface area contributed by atoms with Gasteiger partial charge < -0.3 is 14.5 Å². The van der Waals surface area contributed by atoms with E-state index in [0.717, 1.165) is 4.90 Å². The summed E-state index contributed by atoms with van der Waals surface area (Å²) in [5.74, 6) is 1.01. The number of aromatic nitrogens is 2. The Kier molecular flexibility index (Phi) is 5.14. The van der Waals surface area contributed by atoms with E-state index in [-0.39, 0.29) is 12.5 Å². The van der Waals surface area contributed by atoms with Crippen LogP contribution in [-0.4, -0.2) is 45.5 Å². The highest BCUT2D eigenvalue weighted by Gasteiger charge is 2.13. The standard InChI is InChI=1S/C13H15N3O3S/c1-16(8-12-14-9-19-15-12)13(18)10-2-4-11(5-3-10)20-7-6-17/h2-5,9,17H,6-8H2,1H3. The average Bonchev–Trinajstić information content (AvgIpc) is 2.97. The molecule has 20 heavy (non-hydrogen) atoms. The molecule has 0 bridgehead atoms. The van der Waals surface area contributed by atoms with Crippen molar-refractivity contribution < 1.29 is 14.4 Å². The van der Waals surface area contributed by atoms with E-state index >= 15 is 0 Å². The van der Waals surface area contributed by atoms with Crippen LogP contribution >= 0.6 is 11.8 Å². The maximum absolute atomic E-state index is 12.2. The first kappa shape index (κ1) is 14.5. The van der Waals surface area contributed by atoms with Gasteiger partial charge in [-0.1, -0.05) is 5.16 Å². The minimum atomic E-state index is -0.103. The molecule has 6 nitrogen and oxygen atoms in total. The molecule has 0 spiro atoms. The summed E-state index contributed by atoms with van der Waals surface area (Å²) in [6.07, 6.45) is 1.24. The number of thioether (sulfide) groups is 1. The smallest absolute Gasteiger partial charge is 0.254 e. The van der Waals surface area contributed by atoms with Gasteiger partial charge in [0.1, 0.15) is 0 Å². The van der Waals surface area contributed by atoms with Crippen LogP contribution in [0.25, 0.3) is 0 Å². The Hall–Kier alpha value is -1.86. The van der Waals surface area contributed by atoms with Gasteiger partial charge >= 0.3 is 0 Å². The first-order valence-electron chi connectivity index (χ1n) is 6.05. The summed E-state index contributed by atoms with van der Waals surface area (Å²) in [6.45, 7) is 0.440. The van der Waals surface area contributed by atoms with Crippen LogP contribution < -0.4 is 0 Å². The van der Waals surface area contributed by atoms with Crippen molar-refractivity contribution in [3.05, 3.63) is 42.0 Å². The van der Waals surface area contributed by atoms with Crippen molar-refractivity contribution in [3.8, 4) is 0 Å². The van der Waals surface area contributed by atoms with E-state index in [1.165, 1.54) is 11.3 Å². The maximum Gasteiger partial charge on any atom is 0.254 e. The van der Waals surface area contributed by atoms with Crippen LogP contribution in [0.15, 0.2) is 40.1 Å². The predicted molar refractivity (Wildman–Crippen MR) is 74.3 cm³/mol. The van der Waals surface area contributed by atoms with Gasteiger partial charge in [-0.2, -0.15) is 4.98 Å². The highest BCUT2D eigenvalue weighted by molar-refractivity contribution is 7.99. The van der Waals surface area contributed by atoms with E-state index in [0.29, 0.717) is 23.7 Å².